The number of urea groups is 1. The van der Waals surface area contributed by atoms with E-state index in [0.29, 0.717) is 35.3 Å². The number of hydrogen-bond acceptors (Lipinski definition) is 5. The van der Waals surface area contributed by atoms with Gasteiger partial charge in [-0.3, -0.25) is 14.9 Å². The summed E-state index contributed by atoms with van der Waals surface area (Å²) in [5, 5.41) is 2.62. The van der Waals surface area contributed by atoms with E-state index in [0.717, 1.165) is 14.9 Å². The lowest BCUT2D eigenvalue weighted by molar-refractivity contribution is -0.122. The van der Waals surface area contributed by atoms with Gasteiger partial charge < -0.3 is 9.47 Å². The average Bonchev–Trinajstić information content (AvgIpc) is 2.84. The summed E-state index contributed by atoms with van der Waals surface area (Å²) >= 11 is 9.49. The Morgan fingerprint density at radius 3 is 2.37 bits per heavy atom. The molecule has 1 aliphatic heterocycles. The standard InChI is InChI=1S/C26H20BrClN2O5/c1-2-34-23-12-7-19(28)13-17(23)14-22-24(31)29-26(33)30(25(22)32)20-8-10-21(11-9-20)35-15-16-3-5-18(27)6-4-16/h3-14H,2,15H2,1H3,(H,29,31,33)/b22-14+. The highest BCUT2D eigenvalue weighted by Crippen LogP contribution is 2.29. The molecule has 1 fully saturated rings. The lowest BCUT2D eigenvalue weighted by Gasteiger charge is -2.26. The van der Waals surface area contributed by atoms with Gasteiger partial charge in [0.05, 0.1) is 12.3 Å². The molecule has 0 bridgehead atoms. The van der Waals surface area contributed by atoms with Crippen LogP contribution >= 0.6 is 27.5 Å². The molecule has 4 amide bonds. The lowest BCUT2D eigenvalue weighted by Crippen LogP contribution is -2.54. The smallest absolute Gasteiger partial charge is 0.335 e. The van der Waals surface area contributed by atoms with E-state index >= 15 is 0 Å². The van der Waals surface area contributed by atoms with Crippen LogP contribution in [0.4, 0.5) is 10.5 Å². The van der Waals surface area contributed by atoms with Crippen LogP contribution in [-0.2, 0) is 16.2 Å². The van der Waals surface area contributed by atoms with Crippen molar-refractivity contribution < 1.29 is 23.9 Å². The summed E-state index contributed by atoms with van der Waals surface area (Å²) < 4.78 is 12.3. The van der Waals surface area contributed by atoms with E-state index in [1.54, 1.807) is 42.5 Å². The third-order valence-corrected chi connectivity index (χ3v) is 5.85. The largest absolute Gasteiger partial charge is 0.493 e. The number of imide groups is 2. The van der Waals surface area contributed by atoms with Gasteiger partial charge in [0.25, 0.3) is 11.8 Å². The number of hydrogen-bond donors (Lipinski definition) is 1. The van der Waals surface area contributed by atoms with Gasteiger partial charge in [-0.05, 0) is 73.2 Å². The minimum atomic E-state index is -0.836. The molecular formula is C26H20BrClN2O5. The van der Waals surface area contributed by atoms with E-state index < -0.39 is 17.8 Å². The van der Waals surface area contributed by atoms with Crippen LogP contribution in [0.2, 0.25) is 5.02 Å². The van der Waals surface area contributed by atoms with Gasteiger partial charge in [-0.1, -0.05) is 39.7 Å². The first-order valence-electron chi connectivity index (χ1n) is 10.7. The maximum absolute atomic E-state index is 13.2. The summed E-state index contributed by atoms with van der Waals surface area (Å²) in [6.07, 6.45) is 1.36. The molecule has 0 spiro atoms. The molecule has 1 saturated heterocycles. The van der Waals surface area contributed by atoms with Crippen molar-refractivity contribution in [3.8, 4) is 11.5 Å². The highest BCUT2D eigenvalue weighted by molar-refractivity contribution is 9.10. The Bertz CT molecular complexity index is 1310. The Kier molecular flexibility index (Phi) is 7.53. The molecule has 0 atom stereocenters. The Morgan fingerprint density at radius 1 is 0.971 bits per heavy atom. The van der Waals surface area contributed by atoms with Crippen molar-refractivity contribution in [2.75, 3.05) is 11.5 Å². The second-order valence-electron chi connectivity index (χ2n) is 7.48. The van der Waals surface area contributed by atoms with Crippen molar-refractivity contribution >= 4 is 57.1 Å². The maximum Gasteiger partial charge on any atom is 0.335 e. The molecule has 4 rings (SSSR count). The van der Waals surface area contributed by atoms with Crippen LogP contribution < -0.4 is 19.7 Å². The molecule has 1 N–H and O–H groups in total. The number of nitrogens with one attached hydrogen (secondary N) is 1. The van der Waals surface area contributed by atoms with Crippen molar-refractivity contribution in [3.05, 3.63) is 92.9 Å². The van der Waals surface area contributed by atoms with Gasteiger partial charge in [-0.2, -0.15) is 0 Å². The van der Waals surface area contributed by atoms with Gasteiger partial charge in [0, 0.05) is 15.1 Å². The third kappa shape index (κ3) is 5.72. The van der Waals surface area contributed by atoms with E-state index in [2.05, 4.69) is 21.2 Å². The lowest BCUT2D eigenvalue weighted by atomic mass is 10.1. The Hall–Kier alpha value is -3.62. The monoisotopic (exact) mass is 554 g/mol. The SMILES string of the molecule is CCOc1ccc(Cl)cc1/C=C1\C(=O)NC(=O)N(c2ccc(OCc3ccc(Br)cc3)cc2)C1=O. The maximum atomic E-state index is 13.2. The Morgan fingerprint density at radius 2 is 1.69 bits per heavy atom. The molecule has 0 unspecified atom stereocenters. The number of amides is 4. The van der Waals surface area contributed by atoms with Gasteiger partial charge in [0.2, 0.25) is 0 Å². The predicted molar refractivity (Wildman–Crippen MR) is 137 cm³/mol. The number of rotatable bonds is 7. The fraction of sp³-hybridized carbons (Fsp3) is 0.115. The topological polar surface area (TPSA) is 84.9 Å². The van der Waals surface area contributed by atoms with E-state index in [1.165, 1.54) is 6.08 Å². The highest BCUT2D eigenvalue weighted by atomic mass is 79.9. The van der Waals surface area contributed by atoms with Crippen molar-refractivity contribution in [2.45, 2.75) is 13.5 Å². The van der Waals surface area contributed by atoms with Crippen molar-refractivity contribution in [1.29, 1.82) is 0 Å². The summed E-state index contributed by atoms with van der Waals surface area (Å²) in [6, 6.07) is 18.2. The third-order valence-electron chi connectivity index (χ3n) is 5.09. The fourth-order valence-electron chi connectivity index (χ4n) is 3.41. The minimum Gasteiger partial charge on any atom is -0.493 e. The summed E-state index contributed by atoms with van der Waals surface area (Å²) in [5.74, 6) is -0.535. The first-order valence-corrected chi connectivity index (χ1v) is 11.8. The highest BCUT2D eigenvalue weighted by Gasteiger charge is 2.37. The Balaban J connectivity index is 1.56. The quantitative estimate of drug-likeness (QED) is 0.297. The van der Waals surface area contributed by atoms with Gasteiger partial charge in [-0.25, -0.2) is 9.69 Å². The first-order chi connectivity index (χ1) is 16.9. The fourth-order valence-corrected chi connectivity index (χ4v) is 3.85. The normalized spacial score (nSPS) is 14.8. The van der Waals surface area contributed by atoms with Crippen LogP contribution in [0.15, 0.2) is 76.8 Å². The zero-order valence-electron chi connectivity index (χ0n) is 18.6. The molecule has 178 valence electrons. The molecule has 3 aromatic carbocycles. The van der Waals surface area contributed by atoms with Crippen molar-refractivity contribution in [2.24, 2.45) is 0 Å². The first kappa shape index (κ1) is 24.5. The molecule has 1 aliphatic rings. The number of barbiturate groups is 1. The number of halogens is 2. The number of benzene rings is 3. The second kappa shape index (κ2) is 10.8. The van der Waals surface area contributed by atoms with Gasteiger partial charge in [0.1, 0.15) is 23.7 Å². The molecular weight excluding hydrogens is 536 g/mol. The molecule has 35 heavy (non-hydrogen) atoms. The molecule has 9 heteroatoms. The van der Waals surface area contributed by atoms with E-state index in [9.17, 15) is 14.4 Å². The zero-order valence-corrected chi connectivity index (χ0v) is 20.9. The van der Waals surface area contributed by atoms with Crippen molar-refractivity contribution in [3.63, 3.8) is 0 Å². The van der Waals surface area contributed by atoms with Gasteiger partial charge in [0.15, 0.2) is 0 Å². The van der Waals surface area contributed by atoms with Crippen LogP contribution in [-0.4, -0.2) is 24.5 Å². The van der Waals surface area contributed by atoms with Gasteiger partial charge in [-0.15, -0.1) is 0 Å². The van der Waals surface area contributed by atoms with Crippen LogP contribution in [0.1, 0.15) is 18.1 Å². The van der Waals surface area contributed by atoms with E-state index in [-0.39, 0.29) is 11.3 Å². The summed E-state index contributed by atoms with van der Waals surface area (Å²) in [5.41, 5.74) is 1.51. The number of nitrogens with zero attached hydrogens (tertiary/aromatic N) is 1. The molecule has 3 aromatic rings. The molecule has 0 radical (unpaired) electrons. The average molecular weight is 556 g/mol. The van der Waals surface area contributed by atoms with Crippen molar-refractivity contribution in [1.82, 2.24) is 5.32 Å². The molecule has 1 heterocycles. The second-order valence-corrected chi connectivity index (χ2v) is 8.83. The number of ether oxygens (including phenoxy) is 2. The number of anilines is 1. The minimum absolute atomic E-state index is 0.219. The van der Waals surface area contributed by atoms with Crippen LogP contribution in [0, 0.1) is 0 Å². The molecule has 0 aromatic heterocycles. The van der Waals surface area contributed by atoms with Crippen LogP contribution in [0.25, 0.3) is 6.08 Å². The number of carbonyl (C=O) groups is 3. The molecule has 0 saturated carbocycles. The van der Waals surface area contributed by atoms with Crippen LogP contribution in [0.3, 0.4) is 0 Å². The number of carbonyl (C=O) groups excluding carboxylic acids is 3. The summed E-state index contributed by atoms with van der Waals surface area (Å²) in [7, 11) is 0. The predicted octanol–water partition coefficient (Wildman–Crippen LogP) is 5.75. The summed E-state index contributed by atoms with van der Waals surface area (Å²) in [4.78, 5) is 39.1. The van der Waals surface area contributed by atoms with E-state index in [1.807, 2.05) is 31.2 Å². The molecule has 0 aliphatic carbocycles. The van der Waals surface area contributed by atoms with Crippen LogP contribution in [0.5, 0.6) is 11.5 Å². The molecule has 7 nitrogen and oxygen atoms in total. The summed E-state index contributed by atoms with van der Waals surface area (Å²) in [6.45, 7) is 2.56. The zero-order chi connectivity index (χ0) is 24.9. The van der Waals surface area contributed by atoms with Gasteiger partial charge >= 0.3 is 6.03 Å². The Labute approximate surface area is 215 Å². The van der Waals surface area contributed by atoms with E-state index in [4.69, 9.17) is 21.1 Å².